The van der Waals surface area contributed by atoms with Gasteiger partial charge >= 0.3 is 0 Å². The summed E-state index contributed by atoms with van der Waals surface area (Å²) < 4.78 is 32.5. The molecular weight excluding hydrogens is 314 g/mol. The van der Waals surface area contributed by atoms with E-state index in [1.165, 1.54) is 35.3 Å². The fourth-order valence-corrected chi connectivity index (χ4v) is 5.96. The smallest absolute Gasteiger partial charge is 0.254 e. The van der Waals surface area contributed by atoms with Gasteiger partial charge in [0.25, 0.3) is 10.0 Å². The number of rotatable bonds is 5. The van der Waals surface area contributed by atoms with Gasteiger partial charge in [-0.1, -0.05) is 0 Å². The maximum Gasteiger partial charge on any atom is 0.254 e. The van der Waals surface area contributed by atoms with Crippen molar-refractivity contribution in [2.45, 2.75) is 30.0 Å². The van der Waals surface area contributed by atoms with Crippen molar-refractivity contribution in [2.24, 2.45) is 0 Å². The third-order valence-corrected chi connectivity index (χ3v) is 7.38. The van der Waals surface area contributed by atoms with Crippen LogP contribution in [0.2, 0.25) is 0 Å². The first kappa shape index (κ1) is 14.1. The van der Waals surface area contributed by atoms with Crippen LogP contribution >= 0.6 is 22.7 Å². The van der Waals surface area contributed by atoms with E-state index in [2.05, 4.69) is 10.8 Å². The van der Waals surface area contributed by atoms with E-state index in [-0.39, 0.29) is 4.21 Å². The van der Waals surface area contributed by atoms with Gasteiger partial charge in [-0.15, -0.1) is 22.7 Å². The van der Waals surface area contributed by atoms with Crippen molar-refractivity contribution in [3.8, 4) is 5.75 Å². The molecule has 0 amide bonds. The Balaban J connectivity index is 1.73. The van der Waals surface area contributed by atoms with Crippen LogP contribution in [0.5, 0.6) is 5.75 Å². The Labute approximate surface area is 126 Å². The zero-order valence-electron chi connectivity index (χ0n) is 11.0. The Kier molecular flexibility index (Phi) is 3.85. The molecule has 0 spiro atoms. The zero-order chi connectivity index (χ0) is 14.2. The Morgan fingerprint density at radius 3 is 3.00 bits per heavy atom. The van der Waals surface area contributed by atoms with Gasteiger partial charge in [-0.05, 0) is 42.3 Å². The minimum absolute atomic E-state index is 0.240. The molecule has 0 saturated heterocycles. The third-order valence-electron chi connectivity index (χ3n) is 3.29. The quantitative estimate of drug-likeness (QED) is 0.918. The highest BCUT2D eigenvalue weighted by molar-refractivity contribution is 7.91. The molecular formula is C13H15NO3S3. The lowest BCUT2D eigenvalue weighted by Crippen LogP contribution is -2.22. The number of sulfonamides is 1. The second-order valence-electron chi connectivity index (χ2n) is 4.62. The molecule has 0 saturated carbocycles. The summed E-state index contributed by atoms with van der Waals surface area (Å²) in [6.45, 7) is 0.348. The lowest BCUT2D eigenvalue weighted by molar-refractivity contribution is 0.406. The number of fused-ring (bicyclic) bond motifs is 1. The number of methoxy groups -OCH3 is 1. The van der Waals surface area contributed by atoms with Crippen molar-refractivity contribution in [1.82, 2.24) is 4.72 Å². The van der Waals surface area contributed by atoms with Gasteiger partial charge in [0.2, 0.25) is 0 Å². The van der Waals surface area contributed by atoms with Crippen molar-refractivity contribution in [1.29, 1.82) is 0 Å². The first-order valence-electron chi connectivity index (χ1n) is 6.32. The molecule has 0 unspecified atom stereocenters. The Morgan fingerprint density at radius 2 is 2.25 bits per heavy atom. The van der Waals surface area contributed by atoms with Crippen LogP contribution in [0, 0.1) is 0 Å². The summed E-state index contributed by atoms with van der Waals surface area (Å²) in [5.41, 5.74) is 1.39. The van der Waals surface area contributed by atoms with Crippen molar-refractivity contribution in [3.63, 3.8) is 0 Å². The molecule has 4 nitrogen and oxygen atoms in total. The van der Waals surface area contributed by atoms with Gasteiger partial charge in [0.05, 0.1) is 7.11 Å². The Morgan fingerprint density at radius 1 is 1.40 bits per heavy atom. The second kappa shape index (κ2) is 5.48. The highest BCUT2D eigenvalue weighted by atomic mass is 32.2. The molecule has 108 valence electrons. The van der Waals surface area contributed by atoms with Crippen LogP contribution in [-0.2, 0) is 29.4 Å². The molecule has 0 aliphatic heterocycles. The highest BCUT2D eigenvalue weighted by Gasteiger charge is 2.22. The minimum atomic E-state index is -3.50. The largest absolute Gasteiger partial charge is 0.494 e. The summed E-state index contributed by atoms with van der Waals surface area (Å²) in [6.07, 6.45) is 3.47. The van der Waals surface area contributed by atoms with E-state index in [4.69, 9.17) is 4.74 Å². The average molecular weight is 329 g/mol. The second-order valence-corrected chi connectivity index (χ2v) is 8.72. The molecule has 0 radical (unpaired) electrons. The molecule has 0 aromatic carbocycles. The van der Waals surface area contributed by atoms with Gasteiger partial charge in [0.1, 0.15) is 5.75 Å². The lowest BCUT2D eigenvalue weighted by Gasteiger charge is -2.05. The molecule has 2 aromatic heterocycles. The molecule has 2 heterocycles. The van der Waals surface area contributed by atoms with Crippen LogP contribution in [0.4, 0.5) is 0 Å². The molecule has 20 heavy (non-hydrogen) atoms. The molecule has 0 bridgehead atoms. The molecule has 2 aromatic rings. The van der Waals surface area contributed by atoms with E-state index in [1.807, 2.05) is 0 Å². The highest BCUT2D eigenvalue weighted by Crippen LogP contribution is 2.32. The van der Waals surface area contributed by atoms with Crippen LogP contribution in [-0.4, -0.2) is 15.5 Å². The van der Waals surface area contributed by atoms with Crippen molar-refractivity contribution in [2.75, 3.05) is 7.11 Å². The molecule has 7 heteroatoms. The monoisotopic (exact) mass is 329 g/mol. The van der Waals surface area contributed by atoms with Crippen molar-refractivity contribution in [3.05, 3.63) is 32.8 Å². The SMILES string of the molecule is COc1ccsc1S(=O)(=O)NCc1cc2c(s1)CCC2. The fourth-order valence-electron chi connectivity index (χ4n) is 2.34. The van der Waals surface area contributed by atoms with E-state index in [0.29, 0.717) is 12.3 Å². The Hall–Kier alpha value is -0.890. The minimum Gasteiger partial charge on any atom is -0.494 e. The fraction of sp³-hybridized carbons (Fsp3) is 0.385. The summed E-state index contributed by atoms with van der Waals surface area (Å²) in [5, 5.41) is 1.72. The van der Waals surface area contributed by atoms with Gasteiger partial charge in [-0.3, -0.25) is 0 Å². The van der Waals surface area contributed by atoms with Gasteiger partial charge in [0, 0.05) is 16.3 Å². The third kappa shape index (κ3) is 2.63. The lowest BCUT2D eigenvalue weighted by atomic mass is 10.2. The van der Waals surface area contributed by atoms with Crippen LogP contribution in [0.25, 0.3) is 0 Å². The normalized spacial score (nSPS) is 14.4. The van der Waals surface area contributed by atoms with Crippen molar-refractivity contribution < 1.29 is 13.2 Å². The number of hydrogen-bond donors (Lipinski definition) is 1. The number of aryl methyl sites for hydroxylation is 2. The first-order chi connectivity index (χ1) is 9.60. The van der Waals surface area contributed by atoms with Crippen molar-refractivity contribution >= 4 is 32.7 Å². The number of hydrogen-bond acceptors (Lipinski definition) is 5. The van der Waals surface area contributed by atoms with E-state index in [0.717, 1.165) is 17.7 Å². The topological polar surface area (TPSA) is 55.4 Å². The number of ether oxygens (including phenoxy) is 1. The predicted octanol–water partition coefficient (Wildman–Crippen LogP) is 2.79. The standard InChI is InChI=1S/C13H15NO3S3/c1-17-11-5-6-18-13(11)20(15,16)14-8-10-7-9-3-2-4-12(9)19-10/h5-7,14H,2-4,8H2,1H3. The van der Waals surface area contributed by atoms with Gasteiger partial charge in [0.15, 0.2) is 4.21 Å². The van der Waals surface area contributed by atoms with Gasteiger partial charge in [-0.25, -0.2) is 13.1 Å². The summed E-state index contributed by atoms with van der Waals surface area (Å²) in [7, 11) is -2.02. The molecule has 0 fully saturated rings. The number of thiophene rings is 2. The van der Waals surface area contributed by atoms with Gasteiger partial charge in [-0.2, -0.15) is 0 Å². The van der Waals surface area contributed by atoms with E-state index >= 15 is 0 Å². The summed E-state index contributed by atoms with van der Waals surface area (Å²) in [6, 6.07) is 3.79. The van der Waals surface area contributed by atoms with Crippen LogP contribution < -0.4 is 9.46 Å². The maximum atomic E-state index is 12.2. The molecule has 1 aliphatic carbocycles. The first-order valence-corrected chi connectivity index (χ1v) is 9.49. The van der Waals surface area contributed by atoms with Crippen LogP contribution in [0.3, 0.4) is 0 Å². The maximum absolute atomic E-state index is 12.2. The van der Waals surface area contributed by atoms with Gasteiger partial charge < -0.3 is 4.74 Å². The zero-order valence-corrected chi connectivity index (χ0v) is 13.5. The van der Waals surface area contributed by atoms with E-state index in [9.17, 15) is 8.42 Å². The predicted molar refractivity (Wildman–Crippen MR) is 81.2 cm³/mol. The summed E-state index contributed by atoms with van der Waals surface area (Å²) >= 11 is 2.88. The molecule has 1 N–H and O–H groups in total. The number of nitrogens with one attached hydrogen (secondary N) is 1. The van der Waals surface area contributed by atoms with E-state index < -0.39 is 10.0 Å². The molecule has 0 atom stereocenters. The van der Waals surface area contributed by atoms with E-state index in [1.54, 1.807) is 22.8 Å². The van der Waals surface area contributed by atoms with Crippen LogP contribution in [0.15, 0.2) is 21.7 Å². The summed E-state index contributed by atoms with van der Waals surface area (Å²) in [5.74, 6) is 0.399. The Bertz CT molecular complexity index is 694. The molecule has 3 rings (SSSR count). The molecule has 1 aliphatic rings. The van der Waals surface area contributed by atoms with Crippen LogP contribution in [0.1, 0.15) is 21.7 Å². The summed E-state index contributed by atoms with van der Waals surface area (Å²) in [4.78, 5) is 2.49. The average Bonchev–Trinajstić information content (AvgIpc) is 3.11.